The van der Waals surface area contributed by atoms with E-state index in [-0.39, 0.29) is 5.56 Å². The van der Waals surface area contributed by atoms with Crippen molar-refractivity contribution in [1.29, 1.82) is 0 Å². The molecule has 0 aliphatic carbocycles. The molecule has 1 atom stereocenters. The quantitative estimate of drug-likeness (QED) is 0.943. The second-order valence-corrected chi connectivity index (χ2v) is 5.93. The lowest BCUT2D eigenvalue weighted by Crippen LogP contribution is -2.49. The molecule has 1 saturated heterocycles. The van der Waals surface area contributed by atoms with Crippen LogP contribution in [0.4, 0.5) is 8.78 Å². The number of aryl methyl sites for hydroxylation is 2. The molecule has 1 N–H and O–H groups in total. The van der Waals surface area contributed by atoms with Gasteiger partial charge in [-0.3, -0.25) is 9.58 Å². The van der Waals surface area contributed by atoms with Crippen LogP contribution in [0.15, 0.2) is 24.3 Å². The largest absolute Gasteiger partial charge is 0.387 e. The SMILES string of the molecule is Cc1cc(C)n(C2CN(C[C@H](O)c3ccc(F)cc3F)C2)n1. The van der Waals surface area contributed by atoms with Crippen LogP contribution in [0, 0.1) is 25.5 Å². The predicted molar refractivity (Wildman–Crippen MR) is 78.5 cm³/mol. The van der Waals surface area contributed by atoms with E-state index >= 15 is 0 Å². The summed E-state index contributed by atoms with van der Waals surface area (Å²) in [4.78, 5) is 2.04. The van der Waals surface area contributed by atoms with E-state index in [1.807, 2.05) is 29.5 Å². The minimum Gasteiger partial charge on any atom is -0.387 e. The third-order valence-corrected chi connectivity index (χ3v) is 4.08. The van der Waals surface area contributed by atoms with Gasteiger partial charge in [-0.2, -0.15) is 5.10 Å². The Hall–Kier alpha value is -1.79. The lowest BCUT2D eigenvalue weighted by atomic mass is 10.0. The summed E-state index contributed by atoms with van der Waals surface area (Å²) >= 11 is 0. The molecule has 118 valence electrons. The van der Waals surface area contributed by atoms with Crippen molar-refractivity contribution in [3.05, 3.63) is 52.9 Å². The fourth-order valence-electron chi connectivity index (χ4n) is 2.98. The number of hydrogen-bond donors (Lipinski definition) is 1. The molecular formula is C16H19F2N3O. The van der Waals surface area contributed by atoms with E-state index in [4.69, 9.17) is 0 Å². The zero-order valence-electron chi connectivity index (χ0n) is 12.6. The molecule has 0 saturated carbocycles. The molecule has 1 aromatic heterocycles. The number of aromatic nitrogens is 2. The van der Waals surface area contributed by atoms with Crippen LogP contribution in [-0.4, -0.2) is 39.4 Å². The van der Waals surface area contributed by atoms with Crippen molar-refractivity contribution in [2.45, 2.75) is 26.0 Å². The first-order valence-corrected chi connectivity index (χ1v) is 7.32. The molecule has 1 aliphatic rings. The second kappa shape index (κ2) is 5.78. The fourth-order valence-corrected chi connectivity index (χ4v) is 2.98. The molecule has 2 aromatic rings. The van der Waals surface area contributed by atoms with E-state index in [9.17, 15) is 13.9 Å². The van der Waals surface area contributed by atoms with Gasteiger partial charge in [0.25, 0.3) is 0 Å². The van der Waals surface area contributed by atoms with Gasteiger partial charge >= 0.3 is 0 Å². The highest BCUT2D eigenvalue weighted by atomic mass is 19.1. The van der Waals surface area contributed by atoms with Crippen LogP contribution in [0.2, 0.25) is 0 Å². The van der Waals surface area contributed by atoms with Crippen molar-refractivity contribution >= 4 is 0 Å². The third-order valence-electron chi connectivity index (χ3n) is 4.08. The van der Waals surface area contributed by atoms with Gasteiger partial charge in [-0.15, -0.1) is 0 Å². The highest BCUT2D eigenvalue weighted by Crippen LogP contribution is 2.26. The topological polar surface area (TPSA) is 41.3 Å². The lowest BCUT2D eigenvalue weighted by Gasteiger charge is -2.40. The van der Waals surface area contributed by atoms with Crippen LogP contribution >= 0.6 is 0 Å². The number of likely N-dealkylation sites (tertiary alicyclic amines) is 1. The average Bonchev–Trinajstić information content (AvgIpc) is 2.71. The molecule has 0 radical (unpaired) electrons. The Bertz CT molecular complexity index is 680. The number of nitrogens with zero attached hydrogens (tertiary/aromatic N) is 3. The number of aliphatic hydroxyl groups is 1. The maximum Gasteiger partial charge on any atom is 0.131 e. The van der Waals surface area contributed by atoms with E-state index in [0.29, 0.717) is 12.6 Å². The standard InChI is InChI=1S/C16H19F2N3O/c1-10-5-11(2)21(19-10)13-7-20(8-13)9-16(22)14-4-3-12(17)6-15(14)18/h3-6,13,16,22H,7-9H2,1-2H3/t16-/m0/s1. The molecule has 1 aromatic carbocycles. The number of halogens is 2. The summed E-state index contributed by atoms with van der Waals surface area (Å²) in [7, 11) is 0. The van der Waals surface area contributed by atoms with Crippen LogP contribution in [0.5, 0.6) is 0 Å². The first-order chi connectivity index (χ1) is 10.4. The second-order valence-electron chi connectivity index (χ2n) is 5.93. The molecule has 2 heterocycles. The molecule has 3 rings (SSSR count). The van der Waals surface area contributed by atoms with Gasteiger partial charge in [-0.1, -0.05) is 6.07 Å². The Kier molecular flexibility index (Phi) is 3.97. The van der Waals surface area contributed by atoms with Gasteiger partial charge in [0.05, 0.1) is 17.8 Å². The van der Waals surface area contributed by atoms with Gasteiger partial charge in [0.15, 0.2) is 0 Å². The molecule has 0 bridgehead atoms. The lowest BCUT2D eigenvalue weighted by molar-refractivity contribution is 0.0380. The van der Waals surface area contributed by atoms with Gasteiger partial charge in [0.2, 0.25) is 0 Å². The van der Waals surface area contributed by atoms with Crippen LogP contribution < -0.4 is 0 Å². The predicted octanol–water partition coefficient (Wildman–Crippen LogP) is 2.37. The van der Waals surface area contributed by atoms with Gasteiger partial charge in [0, 0.05) is 37.0 Å². The van der Waals surface area contributed by atoms with E-state index in [0.717, 1.165) is 36.6 Å². The molecular weight excluding hydrogens is 288 g/mol. The maximum atomic E-state index is 13.6. The van der Waals surface area contributed by atoms with Crippen molar-refractivity contribution in [2.24, 2.45) is 0 Å². The summed E-state index contributed by atoms with van der Waals surface area (Å²) in [5, 5.41) is 14.6. The highest BCUT2D eigenvalue weighted by Gasteiger charge is 2.31. The van der Waals surface area contributed by atoms with Gasteiger partial charge in [0.1, 0.15) is 11.6 Å². The zero-order chi connectivity index (χ0) is 15.9. The summed E-state index contributed by atoms with van der Waals surface area (Å²) in [5.41, 5.74) is 2.24. The molecule has 0 spiro atoms. The number of β-amino-alcohol motifs (C(OH)–C–C–N with tert-alkyl or cyclic N) is 1. The number of benzene rings is 1. The van der Waals surface area contributed by atoms with E-state index in [1.165, 1.54) is 6.07 Å². The number of rotatable bonds is 4. The first kappa shape index (κ1) is 15.1. The Balaban J connectivity index is 1.58. The molecule has 0 unspecified atom stereocenters. The van der Waals surface area contributed by atoms with E-state index < -0.39 is 17.7 Å². The van der Waals surface area contributed by atoms with Crippen LogP contribution in [0.1, 0.15) is 29.1 Å². The molecule has 6 heteroatoms. The van der Waals surface area contributed by atoms with Crippen LogP contribution in [-0.2, 0) is 0 Å². The van der Waals surface area contributed by atoms with E-state index in [1.54, 1.807) is 0 Å². The summed E-state index contributed by atoms with van der Waals surface area (Å²) in [6, 6.07) is 5.59. The summed E-state index contributed by atoms with van der Waals surface area (Å²) in [6.45, 7) is 5.84. The minimum atomic E-state index is -0.956. The molecule has 0 amide bonds. The zero-order valence-corrected chi connectivity index (χ0v) is 12.6. The Morgan fingerprint density at radius 1 is 1.27 bits per heavy atom. The van der Waals surface area contributed by atoms with Crippen molar-refractivity contribution in [3.63, 3.8) is 0 Å². The first-order valence-electron chi connectivity index (χ1n) is 7.32. The summed E-state index contributed by atoms with van der Waals surface area (Å²) < 4.78 is 28.5. The van der Waals surface area contributed by atoms with Crippen molar-refractivity contribution < 1.29 is 13.9 Å². The third kappa shape index (κ3) is 2.89. The van der Waals surface area contributed by atoms with Gasteiger partial charge in [-0.05, 0) is 26.0 Å². The minimum absolute atomic E-state index is 0.135. The van der Waals surface area contributed by atoms with Crippen molar-refractivity contribution in [1.82, 2.24) is 14.7 Å². The number of aliphatic hydroxyl groups excluding tert-OH is 1. The Morgan fingerprint density at radius 3 is 2.59 bits per heavy atom. The smallest absolute Gasteiger partial charge is 0.131 e. The summed E-state index contributed by atoms with van der Waals surface area (Å²) in [6.07, 6.45) is -0.956. The molecule has 22 heavy (non-hydrogen) atoms. The highest BCUT2D eigenvalue weighted by molar-refractivity contribution is 5.21. The van der Waals surface area contributed by atoms with Crippen LogP contribution in [0.3, 0.4) is 0 Å². The number of hydrogen-bond acceptors (Lipinski definition) is 3. The Labute approximate surface area is 128 Å². The monoisotopic (exact) mass is 307 g/mol. The van der Waals surface area contributed by atoms with Gasteiger partial charge < -0.3 is 5.11 Å². The Morgan fingerprint density at radius 2 is 2.00 bits per heavy atom. The maximum absolute atomic E-state index is 13.6. The average molecular weight is 307 g/mol. The van der Waals surface area contributed by atoms with Crippen LogP contribution in [0.25, 0.3) is 0 Å². The normalized spacial score (nSPS) is 17.5. The fraction of sp³-hybridized carbons (Fsp3) is 0.438. The summed E-state index contributed by atoms with van der Waals surface area (Å²) in [5.74, 6) is -1.34. The van der Waals surface area contributed by atoms with Crippen molar-refractivity contribution in [2.75, 3.05) is 19.6 Å². The van der Waals surface area contributed by atoms with E-state index in [2.05, 4.69) is 5.10 Å². The molecule has 1 aliphatic heterocycles. The molecule has 4 nitrogen and oxygen atoms in total. The van der Waals surface area contributed by atoms with Gasteiger partial charge in [-0.25, -0.2) is 8.78 Å². The molecule has 1 fully saturated rings. The van der Waals surface area contributed by atoms with Crippen molar-refractivity contribution in [3.8, 4) is 0 Å².